The highest BCUT2D eigenvalue weighted by Crippen LogP contribution is 2.13. The molecule has 5 nitrogen and oxygen atoms in total. The van der Waals surface area contributed by atoms with E-state index in [9.17, 15) is 9.59 Å². The number of carbonyl (C=O) groups excluding carboxylic acids is 2. The zero-order valence-corrected chi connectivity index (χ0v) is 13.8. The molecule has 0 unspecified atom stereocenters. The Hall–Kier alpha value is -2.66. The lowest BCUT2D eigenvalue weighted by atomic mass is 10.1. The highest BCUT2D eigenvalue weighted by Gasteiger charge is 2.12. The predicted octanol–water partition coefficient (Wildman–Crippen LogP) is 3.27. The molecule has 0 atom stereocenters. The molecule has 0 heterocycles. The number of Topliss-reactive ketones (excluding diaryl/α,β-unsaturated/α-hetero) is 1. The van der Waals surface area contributed by atoms with Gasteiger partial charge in [0.05, 0.1) is 18.8 Å². The predicted molar refractivity (Wildman–Crippen MR) is 89.4 cm³/mol. The summed E-state index contributed by atoms with van der Waals surface area (Å²) in [6.45, 7) is 2.56. The van der Waals surface area contributed by atoms with E-state index >= 15 is 0 Å². The molecule has 0 amide bonds. The van der Waals surface area contributed by atoms with Crippen molar-refractivity contribution in [3.63, 3.8) is 0 Å². The lowest BCUT2D eigenvalue weighted by Crippen LogP contribution is -2.14. The van der Waals surface area contributed by atoms with E-state index in [-0.39, 0.29) is 12.4 Å². The Bertz CT molecular complexity index is 691. The van der Waals surface area contributed by atoms with E-state index < -0.39 is 5.97 Å². The lowest BCUT2D eigenvalue weighted by molar-refractivity contribution is 0.0474. The minimum absolute atomic E-state index is 0.264. The van der Waals surface area contributed by atoms with Gasteiger partial charge in [0, 0.05) is 12.7 Å². The van der Waals surface area contributed by atoms with Crippen LogP contribution in [-0.2, 0) is 16.1 Å². The smallest absolute Gasteiger partial charge is 0.338 e. The van der Waals surface area contributed by atoms with Gasteiger partial charge in [-0.1, -0.05) is 12.1 Å². The molecule has 0 N–H and O–H groups in total. The molecule has 5 heteroatoms. The Morgan fingerprint density at radius 1 is 1.00 bits per heavy atom. The van der Waals surface area contributed by atoms with Crippen LogP contribution < -0.4 is 4.74 Å². The number of hydrogen-bond acceptors (Lipinski definition) is 5. The van der Waals surface area contributed by atoms with Gasteiger partial charge in [-0.2, -0.15) is 0 Å². The Morgan fingerprint density at radius 3 is 2.42 bits per heavy atom. The van der Waals surface area contributed by atoms with Gasteiger partial charge in [-0.05, 0) is 48.9 Å². The fourth-order valence-corrected chi connectivity index (χ4v) is 2.16. The second-order valence-corrected chi connectivity index (χ2v) is 5.09. The molecule has 24 heavy (non-hydrogen) atoms. The van der Waals surface area contributed by atoms with E-state index in [1.165, 1.54) is 0 Å². The molecule has 0 aliphatic rings. The second-order valence-electron chi connectivity index (χ2n) is 5.09. The number of ether oxygens (including phenoxy) is 3. The maximum Gasteiger partial charge on any atom is 0.338 e. The summed E-state index contributed by atoms with van der Waals surface area (Å²) < 4.78 is 15.4. The molecule has 0 saturated heterocycles. The van der Waals surface area contributed by atoms with Gasteiger partial charge >= 0.3 is 5.97 Å². The molecule has 0 aliphatic carbocycles. The normalized spacial score (nSPS) is 10.2. The van der Waals surface area contributed by atoms with E-state index in [4.69, 9.17) is 14.2 Å². The van der Waals surface area contributed by atoms with Crippen molar-refractivity contribution in [2.24, 2.45) is 0 Å². The molecule has 0 fully saturated rings. The van der Waals surface area contributed by atoms with Gasteiger partial charge in [-0.15, -0.1) is 0 Å². The van der Waals surface area contributed by atoms with Gasteiger partial charge in [-0.3, -0.25) is 4.79 Å². The first-order valence-electron chi connectivity index (χ1n) is 7.65. The summed E-state index contributed by atoms with van der Waals surface area (Å²) in [6, 6.07) is 13.7. The summed E-state index contributed by atoms with van der Waals surface area (Å²) in [5.74, 6) is -0.104. The van der Waals surface area contributed by atoms with Gasteiger partial charge in [-0.25, -0.2) is 4.79 Å². The number of ketones is 1. The SMILES string of the molecule is CCOc1ccc(C(=O)COC(=O)c2cccc(COC)c2)cc1. The zero-order valence-electron chi connectivity index (χ0n) is 13.8. The molecule has 0 aromatic heterocycles. The fraction of sp³-hybridized carbons (Fsp3) is 0.263. The van der Waals surface area contributed by atoms with Gasteiger partial charge in [0.25, 0.3) is 0 Å². The Balaban J connectivity index is 1.93. The number of carbonyl (C=O) groups is 2. The molecule has 2 rings (SSSR count). The summed E-state index contributed by atoms with van der Waals surface area (Å²) in [7, 11) is 1.58. The number of hydrogen-bond donors (Lipinski definition) is 0. The number of methoxy groups -OCH3 is 1. The monoisotopic (exact) mass is 328 g/mol. The summed E-state index contributed by atoms with van der Waals surface area (Å²) in [4.78, 5) is 24.1. The minimum Gasteiger partial charge on any atom is -0.494 e. The van der Waals surface area contributed by atoms with Crippen molar-refractivity contribution in [2.75, 3.05) is 20.3 Å². The molecule has 2 aromatic rings. The van der Waals surface area contributed by atoms with Crippen LogP contribution in [0.4, 0.5) is 0 Å². The quantitative estimate of drug-likeness (QED) is 0.550. The molecular formula is C19H20O5. The highest BCUT2D eigenvalue weighted by molar-refractivity contribution is 5.99. The van der Waals surface area contributed by atoms with Crippen LogP contribution in [-0.4, -0.2) is 32.1 Å². The third-order valence-corrected chi connectivity index (χ3v) is 3.30. The third kappa shape index (κ3) is 4.93. The maximum absolute atomic E-state index is 12.1. The minimum atomic E-state index is -0.535. The molecule has 0 bridgehead atoms. The van der Waals surface area contributed by atoms with Crippen LogP contribution in [0, 0.1) is 0 Å². The van der Waals surface area contributed by atoms with Gasteiger partial charge < -0.3 is 14.2 Å². The average molecular weight is 328 g/mol. The summed E-state index contributed by atoms with van der Waals surface area (Å²) in [6.07, 6.45) is 0. The molecule has 0 radical (unpaired) electrons. The van der Waals surface area contributed by atoms with Crippen LogP contribution in [0.25, 0.3) is 0 Å². The number of benzene rings is 2. The van der Waals surface area contributed by atoms with Crippen LogP contribution in [0.2, 0.25) is 0 Å². The lowest BCUT2D eigenvalue weighted by Gasteiger charge is -2.07. The van der Waals surface area contributed by atoms with Crippen molar-refractivity contribution in [1.82, 2.24) is 0 Å². The van der Waals surface area contributed by atoms with Gasteiger partial charge in [0.1, 0.15) is 5.75 Å². The average Bonchev–Trinajstić information content (AvgIpc) is 2.61. The van der Waals surface area contributed by atoms with E-state index in [0.717, 1.165) is 5.56 Å². The number of rotatable bonds is 8. The summed E-state index contributed by atoms with van der Waals surface area (Å²) >= 11 is 0. The Labute approximate surface area is 141 Å². The highest BCUT2D eigenvalue weighted by atomic mass is 16.5. The zero-order chi connectivity index (χ0) is 17.4. The van der Waals surface area contributed by atoms with Crippen LogP contribution in [0.1, 0.15) is 33.2 Å². The first kappa shape index (κ1) is 17.7. The molecular weight excluding hydrogens is 308 g/mol. The van der Waals surface area contributed by atoms with E-state index in [1.807, 2.05) is 13.0 Å². The number of esters is 1. The first-order valence-corrected chi connectivity index (χ1v) is 7.65. The van der Waals surface area contributed by atoms with Crippen molar-refractivity contribution in [3.8, 4) is 5.75 Å². The van der Waals surface area contributed by atoms with Crippen LogP contribution >= 0.6 is 0 Å². The van der Waals surface area contributed by atoms with E-state index in [2.05, 4.69) is 0 Å². The molecule has 0 spiro atoms. The molecule has 126 valence electrons. The van der Waals surface area contributed by atoms with Crippen molar-refractivity contribution >= 4 is 11.8 Å². The summed E-state index contributed by atoms with van der Waals surface area (Å²) in [5, 5.41) is 0. The maximum atomic E-state index is 12.1. The third-order valence-electron chi connectivity index (χ3n) is 3.30. The first-order chi connectivity index (χ1) is 11.6. The largest absolute Gasteiger partial charge is 0.494 e. The Kier molecular flexibility index (Phi) is 6.51. The molecule has 0 saturated carbocycles. The van der Waals surface area contributed by atoms with Crippen molar-refractivity contribution in [3.05, 3.63) is 65.2 Å². The van der Waals surface area contributed by atoms with Crippen LogP contribution in [0.3, 0.4) is 0 Å². The van der Waals surface area contributed by atoms with E-state index in [0.29, 0.717) is 30.1 Å². The molecule has 0 aliphatic heterocycles. The van der Waals surface area contributed by atoms with Gasteiger partial charge in [0.15, 0.2) is 12.4 Å². The van der Waals surface area contributed by atoms with Crippen molar-refractivity contribution in [1.29, 1.82) is 0 Å². The fourth-order valence-electron chi connectivity index (χ4n) is 2.16. The standard InChI is InChI=1S/C19H20O5/c1-3-23-17-9-7-15(8-10-17)18(20)13-24-19(21)16-6-4-5-14(11-16)12-22-2/h4-11H,3,12-13H2,1-2H3. The topological polar surface area (TPSA) is 61.8 Å². The van der Waals surface area contributed by atoms with Crippen molar-refractivity contribution < 1.29 is 23.8 Å². The Morgan fingerprint density at radius 2 is 1.75 bits per heavy atom. The van der Waals surface area contributed by atoms with Gasteiger partial charge in [0.2, 0.25) is 0 Å². The van der Waals surface area contributed by atoms with Crippen LogP contribution in [0.5, 0.6) is 5.75 Å². The van der Waals surface area contributed by atoms with E-state index in [1.54, 1.807) is 49.6 Å². The van der Waals surface area contributed by atoms with Crippen molar-refractivity contribution in [2.45, 2.75) is 13.5 Å². The summed E-state index contributed by atoms with van der Waals surface area (Å²) in [5.41, 5.74) is 1.73. The second kappa shape index (κ2) is 8.84. The molecule has 2 aromatic carbocycles. The van der Waals surface area contributed by atoms with Crippen LogP contribution in [0.15, 0.2) is 48.5 Å².